The molecule has 7 heteroatoms. The molecular formula is C24H27FN4O2. The van der Waals surface area contributed by atoms with Gasteiger partial charge >= 0.3 is 0 Å². The van der Waals surface area contributed by atoms with E-state index in [0.29, 0.717) is 11.3 Å². The van der Waals surface area contributed by atoms with Gasteiger partial charge < -0.3 is 5.32 Å². The standard InChI is InChI=1S/C24H27FN4O2/c1-16(24(31)26-21-7-4-6-19(14-21)17(2)30)29(3)13-5-8-22-15-23(28-27-22)18-9-11-20(25)12-10-18/h4,6-7,9-12,14-16H,5,8,13H2,1-3H3,(H,26,31)(H,27,28). The number of H-pyrrole nitrogens is 1. The number of benzene rings is 2. The quantitative estimate of drug-likeness (QED) is 0.504. The number of Topliss-reactive ketones (excluding diaryl/α,β-unsaturated/α-hetero) is 1. The Hall–Kier alpha value is -3.32. The van der Waals surface area contributed by atoms with Crippen molar-refractivity contribution in [3.05, 3.63) is 71.7 Å². The maximum absolute atomic E-state index is 13.1. The second-order valence-corrected chi connectivity index (χ2v) is 7.67. The third kappa shape index (κ3) is 6.08. The van der Waals surface area contributed by atoms with Gasteiger partial charge in [-0.2, -0.15) is 5.10 Å². The Kier molecular flexibility index (Phi) is 7.31. The summed E-state index contributed by atoms with van der Waals surface area (Å²) in [5, 5.41) is 10.2. The fourth-order valence-corrected chi connectivity index (χ4v) is 3.23. The summed E-state index contributed by atoms with van der Waals surface area (Å²) >= 11 is 0. The first-order valence-electron chi connectivity index (χ1n) is 10.3. The van der Waals surface area contributed by atoms with E-state index in [0.717, 1.165) is 36.3 Å². The molecule has 1 amide bonds. The predicted octanol–water partition coefficient (Wildman–Crippen LogP) is 4.31. The SMILES string of the molecule is CC(=O)c1cccc(NC(=O)C(C)N(C)CCCc2cc(-c3ccc(F)cc3)n[nH]2)c1. The van der Waals surface area contributed by atoms with Gasteiger partial charge in [-0.3, -0.25) is 19.6 Å². The van der Waals surface area contributed by atoms with Crippen LogP contribution in [0.3, 0.4) is 0 Å². The highest BCUT2D eigenvalue weighted by molar-refractivity contribution is 5.98. The molecule has 1 aromatic heterocycles. The smallest absolute Gasteiger partial charge is 0.241 e. The molecule has 0 saturated heterocycles. The number of likely N-dealkylation sites (N-methyl/N-ethyl adjacent to an activating group) is 1. The first kappa shape index (κ1) is 22.4. The second kappa shape index (κ2) is 10.1. The van der Waals surface area contributed by atoms with Gasteiger partial charge in [-0.25, -0.2) is 4.39 Å². The van der Waals surface area contributed by atoms with Crippen molar-refractivity contribution in [2.45, 2.75) is 32.7 Å². The molecule has 6 nitrogen and oxygen atoms in total. The molecule has 2 N–H and O–H groups in total. The Bertz CT molecular complexity index is 1050. The van der Waals surface area contributed by atoms with Crippen molar-refractivity contribution in [1.82, 2.24) is 15.1 Å². The predicted molar refractivity (Wildman–Crippen MR) is 119 cm³/mol. The van der Waals surface area contributed by atoms with Crippen molar-refractivity contribution in [3.63, 3.8) is 0 Å². The lowest BCUT2D eigenvalue weighted by molar-refractivity contribution is -0.120. The van der Waals surface area contributed by atoms with Crippen molar-refractivity contribution in [1.29, 1.82) is 0 Å². The molecule has 2 aromatic carbocycles. The van der Waals surface area contributed by atoms with Crippen LogP contribution in [0.4, 0.5) is 10.1 Å². The van der Waals surface area contributed by atoms with E-state index in [1.165, 1.54) is 19.1 Å². The molecule has 162 valence electrons. The number of hydrogen-bond donors (Lipinski definition) is 2. The fraction of sp³-hybridized carbons (Fsp3) is 0.292. The molecule has 31 heavy (non-hydrogen) atoms. The highest BCUT2D eigenvalue weighted by Crippen LogP contribution is 2.19. The van der Waals surface area contributed by atoms with E-state index >= 15 is 0 Å². The Balaban J connectivity index is 1.48. The number of aryl methyl sites for hydroxylation is 1. The average molecular weight is 423 g/mol. The number of ketones is 1. The summed E-state index contributed by atoms with van der Waals surface area (Å²) in [6.45, 7) is 4.08. The van der Waals surface area contributed by atoms with Crippen LogP contribution in [0.25, 0.3) is 11.3 Å². The summed E-state index contributed by atoms with van der Waals surface area (Å²) < 4.78 is 13.1. The van der Waals surface area contributed by atoms with Crippen molar-refractivity contribution < 1.29 is 14.0 Å². The van der Waals surface area contributed by atoms with Crippen LogP contribution in [0.2, 0.25) is 0 Å². The summed E-state index contributed by atoms with van der Waals surface area (Å²) in [6, 6.07) is 14.8. The molecule has 0 radical (unpaired) electrons. The van der Waals surface area contributed by atoms with E-state index in [4.69, 9.17) is 0 Å². The topological polar surface area (TPSA) is 78.1 Å². The number of anilines is 1. The minimum Gasteiger partial charge on any atom is -0.325 e. The molecule has 0 spiro atoms. The molecule has 0 aliphatic rings. The summed E-state index contributed by atoms with van der Waals surface area (Å²) in [5.74, 6) is -0.432. The first-order valence-corrected chi connectivity index (χ1v) is 10.3. The van der Waals surface area contributed by atoms with Crippen LogP contribution in [0.1, 0.15) is 36.3 Å². The largest absolute Gasteiger partial charge is 0.325 e. The van der Waals surface area contributed by atoms with Crippen LogP contribution in [-0.2, 0) is 11.2 Å². The number of carbonyl (C=O) groups excluding carboxylic acids is 2. The van der Waals surface area contributed by atoms with Crippen LogP contribution in [0.15, 0.2) is 54.6 Å². The number of hydrogen-bond acceptors (Lipinski definition) is 4. The van der Waals surface area contributed by atoms with E-state index < -0.39 is 0 Å². The maximum Gasteiger partial charge on any atom is 0.241 e. The third-order valence-corrected chi connectivity index (χ3v) is 5.31. The van der Waals surface area contributed by atoms with E-state index in [2.05, 4.69) is 15.5 Å². The van der Waals surface area contributed by atoms with Gasteiger partial charge in [0.05, 0.1) is 11.7 Å². The zero-order chi connectivity index (χ0) is 22.4. The van der Waals surface area contributed by atoms with Crippen LogP contribution in [-0.4, -0.2) is 46.4 Å². The number of nitrogens with one attached hydrogen (secondary N) is 2. The first-order chi connectivity index (χ1) is 14.8. The van der Waals surface area contributed by atoms with Gasteiger partial charge in [0.15, 0.2) is 5.78 Å². The lowest BCUT2D eigenvalue weighted by Crippen LogP contribution is -2.40. The minimum atomic E-state index is -0.322. The summed E-state index contributed by atoms with van der Waals surface area (Å²) in [5.41, 5.74) is 3.82. The number of aromatic nitrogens is 2. The van der Waals surface area contributed by atoms with Crippen molar-refractivity contribution >= 4 is 17.4 Å². The number of nitrogens with zero attached hydrogens (tertiary/aromatic N) is 2. The molecule has 0 bridgehead atoms. The van der Waals surface area contributed by atoms with Gasteiger partial charge in [-0.1, -0.05) is 12.1 Å². The molecular weight excluding hydrogens is 395 g/mol. The summed E-state index contributed by atoms with van der Waals surface area (Å²) in [4.78, 5) is 26.1. The van der Waals surface area contributed by atoms with Gasteiger partial charge in [-0.05, 0) is 82.7 Å². The molecule has 0 aliphatic carbocycles. The third-order valence-electron chi connectivity index (χ3n) is 5.31. The van der Waals surface area contributed by atoms with Gasteiger partial charge in [0, 0.05) is 22.5 Å². The molecule has 1 unspecified atom stereocenters. The molecule has 0 fully saturated rings. The highest BCUT2D eigenvalue weighted by atomic mass is 19.1. The molecule has 3 aromatic rings. The van der Waals surface area contributed by atoms with Crippen molar-refractivity contribution in [2.75, 3.05) is 18.9 Å². The Labute approximate surface area is 181 Å². The monoisotopic (exact) mass is 422 g/mol. The Morgan fingerprint density at radius 2 is 1.90 bits per heavy atom. The Morgan fingerprint density at radius 3 is 2.61 bits per heavy atom. The number of rotatable bonds is 9. The van der Waals surface area contributed by atoms with E-state index in [-0.39, 0.29) is 23.5 Å². The van der Waals surface area contributed by atoms with Crippen molar-refractivity contribution in [3.8, 4) is 11.3 Å². The zero-order valence-electron chi connectivity index (χ0n) is 18.0. The maximum atomic E-state index is 13.1. The van der Waals surface area contributed by atoms with Crippen molar-refractivity contribution in [2.24, 2.45) is 0 Å². The minimum absolute atomic E-state index is 0.0392. The summed E-state index contributed by atoms with van der Waals surface area (Å²) in [6.07, 6.45) is 1.63. The van der Waals surface area contributed by atoms with Gasteiger partial charge in [0.1, 0.15) is 5.82 Å². The van der Waals surface area contributed by atoms with Crippen LogP contribution in [0, 0.1) is 5.82 Å². The van der Waals surface area contributed by atoms with Gasteiger partial charge in [0.25, 0.3) is 0 Å². The summed E-state index contributed by atoms with van der Waals surface area (Å²) in [7, 11) is 1.91. The molecule has 1 atom stereocenters. The zero-order valence-corrected chi connectivity index (χ0v) is 18.0. The van der Waals surface area contributed by atoms with Crippen LogP contribution in [0.5, 0.6) is 0 Å². The second-order valence-electron chi connectivity index (χ2n) is 7.67. The number of halogens is 1. The Morgan fingerprint density at radius 1 is 1.16 bits per heavy atom. The van der Waals surface area contributed by atoms with Gasteiger partial charge in [-0.15, -0.1) is 0 Å². The lowest BCUT2D eigenvalue weighted by atomic mass is 10.1. The van der Waals surface area contributed by atoms with Crippen LogP contribution < -0.4 is 5.32 Å². The number of carbonyl (C=O) groups is 2. The molecule has 0 saturated carbocycles. The van der Waals surface area contributed by atoms with Gasteiger partial charge in [0.2, 0.25) is 5.91 Å². The molecule has 0 aliphatic heterocycles. The fourth-order valence-electron chi connectivity index (χ4n) is 3.23. The van der Waals surface area contributed by atoms with E-state index in [1.54, 1.807) is 36.4 Å². The highest BCUT2D eigenvalue weighted by Gasteiger charge is 2.18. The number of aromatic amines is 1. The van der Waals surface area contributed by atoms with Crippen LogP contribution >= 0.6 is 0 Å². The molecule has 3 rings (SSSR count). The lowest BCUT2D eigenvalue weighted by Gasteiger charge is -2.23. The number of amides is 1. The average Bonchev–Trinajstić information content (AvgIpc) is 3.22. The normalized spacial score (nSPS) is 12.0. The molecule has 1 heterocycles. The van der Waals surface area contributed by atoms with E-state index in [9.17, 15) is 14.0 Å². The van der Waals surface area contributed by atoms with E-state index in [1.807, 2.05) is 24.9 Å².